The third-order valence-electron chi connectivity index (χ3n) is 4.64. The number of pyridine rings is 2. The van der Waals surface area contributed by atoms with E-state index in [2.05, 4.69) is 21.4 Å². The van der Waals surface area contributed by atoms with E-state index < -0.39 is 0 Å². The van der Waals surface area contributed by atoms with Gasteiger partial charge in [0.25, 0.3) is 0 Å². The van der Waals surface area contributed by atoms with Crippen LogP contribution in [0.5, 0.6) is 5.75 Å². The van der Waals surface area contributed by atoms with Gasteiger partial charge in [0, 0.05) is 42.1 Å². The van der Waals surface area contributed by atoms with Gasteiger partial charge in [0.15, 0.2) is 0 Å². The fourth-order valence-electron chi connectivity index (χ4n) is 3.21. The molecular weight excluding hydrogens is 365 g/mol. The molecule has 1 N–H and O–H groups in total. The molecule has 0 spiro atoms. The van der Waals surface area contributed by atoms with Gasteiger partial charge in [-0.3, -0.25) is 4.98 Å². The molecule has 0 aliphatic carbocycles. The second-order valence-corrected chi connectivity index (χ2v) is 6.90. The Labute approximate surface area is 169 Å². The van der Waals surface area contributed by atoms with Crippen LogP contribution in [0.3, 0.4) is 0 Å². The molecule has 0 aliphatic heterocycles. The number of benzene rings is 2. The van der Waals surface area contributed by atoms with Crippen LogP contribution < -0.4 is 10.1 Å². The quantitative estimate of drug-likeness (QED) is 0.458. The lowest BCUT2D eigenvalue weighted by atomic mass is 10.1. The van der Waals surface area contributed by atoms with E-state index in [4.69, 9.17) is 4.74 Å². The van der Waals surface area contributed by atoms with E-state index in [-0.39, 0.29) is 5.82 Å². The van der Waals surface area contributed by atoms with Crippen molar-refractivity contribution in [2.75, 3.05) is 13.2 Å². The van der Waals surface area contributed by atoms with Crippen LogP contribution in [0.2, 0.25) is 0 Å². The molecule has 0 saturated carbocycles. The van der Waals surface area contributed by atoms with Crippen molar-refractivity contribution in [1.82, 2.24) is 15.3 Å². The lowest BCUT2D eigenvalue weighted by Gasteiger charge is -2.10. The number of aryl methyl sites for hydroxylation is 1. The van der Waals surface area contributed by atoms with E-state index >= 15 is 0 Å². The summed E-state index contributed by atoms with van der Waals surface area (Å²) in [5.74, 6) is 0.545. The highest BCUT2D eigenvalue weighted by Crippen LogP contribution is 2.24. The molecule has 0 amide bonds. The summed E-state index contributed by atoms with van der Waals surface area (Å²) in [6.07, 6.45) is 3.56. The number of rotatable bonds is 7. The van der Waals surface area contributed by atoms with Crippen molar-refractivity contribution in [1.29, 1.82) is 0 Å². The van der Waals surface area contributed by atoms with Gasteiger partial charge in [0.2, 0.25) is 0 Å². The Balaban J connectivity index is 1.33. The van der Waals surface area contributed by atoms with E-state index in [1.165, 1.54) is 12.1 Å². The maximum atomic E-state index is 13.4. The zero-order chi connectivity index (χ0) is 20.1. The van der Waals surface area contributed by atoms with Gasteiger partial charge in [-0.2, -0.15) is 0 Å². The maximum absolute atomic E-state index is 13.4. The predicted molar refractivity (Wildman–Crippen MR) is 113 cm³/mol. The van der Waals surface area contributed by atoms with Gasteiger partial charge in [0.1, 0.15) is 23.7 Å². The Hall–Kier alpha value is -3.31. The average Bonchev–Trinajstić information content (AvgIpc) is 2.74. The van der Waals surface area contributed by atoms with Crippen LogP contribution in [-0.2, 0) is 6.54 Å². The van der Waals surface area contributed by atoms with Crippen molar-refractivity contribution in [3.63, 3.8) is 0 Å². The minimum Gasteiger partial charge on any atom is -0.490 e. The zero-order valence-corrected chi connectivity index (χ0v) is 16.2. The van der Waals surface area contributed by atoms with Gasteiger partial charge in [-0.05, 0) is 48.4 Å². The van der Waals surface area contributed by atoms with Gasteiger partial charge in [-0.25, -0.2) is 9.37 Å². The first-order valence-electron chi connectivity index (χ1n) is 9.59. The molecule has 29 heavy (non-hydrogen) atoms. The molecule has 4 aromatic rings. The molecule has 0 bridgehead atoms. The smallest absolute Gasteiger partial charge is 0.145 e. The molecule has 0 unspecified atom stereocenters. The fourth-order valence-corrected chi connectivity index (χ4v) is 3.21. The minimum absolute atomic E-state index is 0.249. The summed E-state index contributed by atoms with van der Waals surface area (Å²) in [6.45, 7) is 3.86. The van der Waals surface area contributed by atoms with Gasteiger partial charge < -0.3 is 10.1 Å². The molecule has 0 radical (unpaired) electrons. The van der Waals surface area contributed by atoms with E-state index in [9.17, 15) is 4.39 Å². The molecule has 0 atom stereocenters. The van der Waals surface area contributed by atoms with Crippen molar-refractivity contribution in [3.8, 4) is 16.9 Å². The Bertz CT molecular complexity index is 1130. The fraction of sp³-hybridized carbons (Fsp3) is 0.167. The lowest BCUT2D eigenvalue weighted by Crippen LogP contribution is -2.20. The van der Waals surface area contributed by atoms with Crippen molar-refractivity contribution >= 4 is 10.9 Å². The molecule has 0 aliphatic rings. The molecule has 0 saturated heterocycles. The summed E-state index contributed by atoms with van der Waals surface area (Å²) < 4.78 is 19.4. The third-order valence-corrected chi connectivity index (χ3v) is 4.64. The summed E-state index contributed by atoms with van der Waals surface area (Å²) in [5.41, 5.74) is 4.62. The van der Waals surface area contributed by atoms with Crippen LogP contribution in [0.25, 0.3) is 22.0 Å². The number of hydrogen-bond donors (Lipinski definition) is 1. The van der Waals surface area contributed by atoms with Crippen molar-refractivity contribution in [2.24, 2.45) is 0 Å². The largest absolute Gasteiger partial charge is 0.490 e. The first-order valence-corrected chi connectivity index (χ1v) is 9.59. The Kier molecular flexibility index (Phi) is 5.77. The van der Waals surface area contributed by atoms with Crippen LogP contribution in [0, 0.1) is 12.7 Å². The maximum Gasteiger partial charge on any atom is 0.145 e. The number of hydrogen-bond acceptors (Lipinski definition) is 4. The van der Waals surface area contributed by atoms with Crippen LogP contribution in [0.15, 0.2) is 73.1 Å². The van der Waals surface area contributed by atoms with E-state index in [0.717, 1.165) is 39.0 Å². The first kappa shape index (κ1) is 19.0. The number of halogens is 1. The van der Waals surface area contributed by atoms with Crippen LogP contribution >= 0.6 is 0 Å². The standard InChI is InChI=1S/C24H22FN3O/c1-17-8-9-19-4-3-7-23(24(19)28-17)29-11-10-26-14-18-12-21(16-27-15-18)20-5-2-6-22(25)13-20/h2-9,12-13,15-16,26H,10-11,14H2,1H3. The summed E-state index contributed by atoms with van der Waals surface area (Å²) >= 11 is 0. The molecule has 146 valence electrons. The number of nitrogens with zero attached hydrogens (tertiary/aromatic N) is 2. The molecule has 2 heterocycles. The van der Waals surface area contributed by atoms with Gasteiger partial charge >= 0.3 is 0 Å². The van der Waals surface area contributed by atoms with Crippen LogP contribution in [0.4, 0.5) is 4.39 Å². The molecule has 5 heteroatoms. The van der Waals surface area contributed by atoms with Gasteiger partial charge in [-0.1, -0.05) is 30.3 Å². The van der Waals surface area contributed by atoms with Crippen LogP contribution in [0.1, 0.15) is 11.3 Å². The van der Waals surface area contributed by atoms with Crippen molar-refractivity contribution in [2.45, 2.75) is 13.5 Å². The van der Waals surface area contributed by atoms with E-state index in [1.54, 1.807) is 12.3 Å². The Morgan fingerprint density at radius 2 is 1.86 bits per heavy atom. The topological polar surface area (TPSA) is 47.0 Å². The minimum atomic E-state index is -0.249. The number of fused-ring (bicyclic) bond motifs is 1. The Morgan fingerprint density at radius 1 is 0.966 bits per heavy atom. The molecular formula is C24H22FN3O. The third kappa shape index (κ3) is 4.76. The molecule has 4 nitrogen and oxygen atoms in total. The lowest BCUT2D eigenvalue weighted by molar-refractivity contribution is 0.316. The van der Waals surface area contributed by atoms with Crippen molar-refractivity contribution < 1.29 is 9.13 Å². The second kappa shape index (κ2) is 8.80. The summed E-state index contributed by atoms with van der Waals surface area (Å²) in [5, 5.41) is 4.43. The zero-order valence-electron chi connectivity index (χ0n) is 16.2. The summed E-state index contributed by atoms with van der Waals surface area (Å²) in [4.78, 5) is 8.86. The highest BCUT2D eigenvalue weighted by Gasteiger charge is 2.05. The molecule has 4 rings (SSSR count). The molecule has 2 aromatic heterocycles. The summed E-state index contributed by atoms with van der Waals surface area (Å²) in [6, 6.07) is 18.6. The van der Waals surface area contributed by atoms with Gasteiger partial charge in [-0.15, -0.1) is 0 Å². The number of nitrogens with one attached hydrogen (secondary N) is 1. The second-order valence-electron chi connectivity index (χ2n) is 6.90. The van der Waals surface area contributed by atoms with E-state index in [1.807, 2.05) is 49.5 Å². The van der Waals surface area contributed by atoms with Gasteiger partial charge in [0.05, 0.1) is 0 Å². The van der Waals surface area contributed by atoms with Crippen molar-refractivity contribution in [3.05, 3.63) is 90.1 Å². The highest BCUT2D eigenvalue weighted by molar-refractivity contribution is 5.84. The van der Waals surface area contributed by atoms with Crippen LogP contribution in [-0.4, -0.2) is 23.1 Å². The average molecular weight is 387 g/mol. The number of para-hydroxylation sites is 1. The highest BCUT2D eigenvalue weighted by atomic mass is 19.1. The predicted octanol–water partition coefficient (Wildman–Crippen LogP) is 4.91. The molecule has 2 aromatic carbocycles. The summed E-state index contributed by atoms with van der Waals surface area (Å²) in [7, 11) is 0. The number of ether oxygens (including phenoxy) is 1. The normalized spacial score (nSPS) is 11.0. The monoisotopic (exact) mass is 387 g/mol. The first-order chi connectivity index (χ1) is 14.2. The number of aromatic nitrogens is 2. The van der Waals surface area contributed by atoms with E-state index in [0.29, 0.717) is 19.7 Å². The molecule has 0 fully saturated rings. The Morgan fingerprint density at radius 3 is 2.76 bits per heavy atom. The SMILES string of the molecule is Cc1ccc2cccc(OCCNCc3cncc(-c4cccc(F)c4)c3)c2n1.